The molecule has 1 aliphatic rings. The van der Waals surface area contributed by atoms with Crippen LogP contribution in [0.25, 0.3) is 0 Å². The van der Waals surface area contributed by atoms with E-state index in [1.165, 1.54) is 0 Å². The maximum absolute atomic E-state index is 5.79. The van der Waals surface area contributed by atoms with E-state index in [4.69, 9.17) is 9.47 Å². The molecule has 112 valence electrons. The van der Waals surface area contributed by atoms with Gasteiger partial charge in [0.15, 0.2) is 5.82 Å². The van der Waals surface area contributed by atoms with Crippen LogP contribution in [0, 0.1) is 0 Å². The Morgan fingerprint density at radius 3 is 2.85 bits per heavy atom. The van der Waals surface area contributed by atoms with Crippen molar-refractivity contribution in [1.29, 1.82) is 0 Å². The van der Waals surface area contributed by atoms with Gasteiger partial charge < -0.3 is 19.3 Å². The van der Waals surface area contributed by atoms with Gasteiger partial charge in [-0.15, -0.1) is 0 Å². The van der Waals surface area contributed by atoms with Crippen molar-refractivity contribution >= 4 is 5.82 Å². The molecule has 0 radical (unpaired) electrons. The van der Waals surface area contributed by atoms with E-state index in [2.05, 4.69) is 33.9 Å². The maximum atomic E-state index is 5.79. The molecule has 0 bridgehead atoms. The second kappa shape index (κ2) is 6.85. The summed E-state index contributed by atoms with van der Waals surface area (Å²) in [6, 6.07) is 0. The molecule has 0 spiro atoms. The Bertz CT molecular complexity index is 425. The molecule has 1 fully saturated rings. The van der Waals surface area contributed by atoms with Crippen molar-refractivity contribution in [3.63, 3.8) is 0 Å². The lowest BCUT2D eigenvalue weighted by molar-refractivity contribution is 0.0243. The standard InChI is InChI=1S/C14H24N4O2/c1-11(2)20-14-13(15-5-6-16-14)18-7-8-19-12(10-18)9-17(3)4/h5-6,11-12H,7-10H2,1-4H3. The number of nitrogens with zero attached hydrogens (tertiary/aromatic N) is 4. The second-order valence-corrected chi connectivity index (χ2v) is 5.55. The van der Waals surface area contributed by atoms with Crippen LogP contribution in [-0.4, -0.2) is 67.4 Å². The van der Waals surface area contributed by atoms with E-state index >= 15 is 0 Å². The molecule has 1 aliphatic heterocycles. The number of anilines is 1. The van der Waals surface area contributed by atoms with Crippen LogP contribution in [0.3, 0.4) is 0 Å². The summed E-state index contributed by atoms with van der Waals surface area (Å²) < 4.78 is 11.5. The smallest absolute Gasteiger partial charge is 0.257 e. The third-order valence-electron chi connectivity index (χ3n) is 3.00. The van der Waals surface area contributed by atoms with E-state index in [1.807, 2.05) is 13.8 Å². The zero-order valence-corrected chi connectivity index (χ0v) is 12.7. The quantitative estimate of drug-likeness (QED) is 0.803. The Labute approximate surface area is 120 Å². The van der Waals surface area contributed by atoms with Gasteiger partial charge in [0.2, 0.25) is 0 Å². The zero-order chi connectivity index (χ0) is 14.5. The van der Waals surface area contributed by atoms with E-state index in [-0.39, 0.29) is 12.2 Å². The summed E-state index contributed by atoms with van der Waals surface area (Å²) in [5.74, 6) is 1.42. The molecule has 20 heavy (non-hydrogen) atoms. The summed E-state index contributed by atoms with van der Waals surface area (Å²) in [7, 11) is 4.11. The third kappa shape index (κ3) is 4.05. The predicted octanol–water partition coefficient (Wildman–Crippen LogP) is 1.03. The summed E-state index contributed by atoms with van der Waals surface area (Å²) in [5, 5.41) is 0. The first-order valence-corrected chi connectivity index (χ1v) is 7.05. The molecular formula is C14H24N4O2. The molecule has 0 amide bonds. The van der Waals surface area contributed by atoms with Gasteiger partial charge in [-0.2, -0.15) is 0 Å². The summed E-state index contributed by atoms with van der Waals surface area (Å²) in [4.78, 5) is 13.1. The Balaban J connectivity index is 2.10. The lowest BCUT2D eigenvalue weighted by Gasteiger charge is -2.35. The average molecular weight is 280 g/mol. The first-order chi connectivity index (χ1) is 9.56. The SMILES string of the molecule is CC(C)Oc1nccnc1N1CCOC(CN(C)C)C1. The van der Waals surface area contributed by atoms with Crippen molar-refractivity contribution in [3.8, 4) is 5.88 Å². The number of aromatic nitrogens is 2. The van der Waals surface area contributed by atoms with Gasteiger partial charge >= 0.3 is 0 Å². The van der Waals surface area contributed by atoms with Crippen LogP contribution in [-0.2, 0) is 4.74 Å². The lowest BCUT2D eigenvalue weighted by Crippen LogP contribution is -2.47. The molecule has 2 heterocycles. The average Bonchev–Trinajstić information content (AvgIpc) is 2.38. The minimum atomic E-state index is 0.0871. The monoisotopic (exact) mass is 280 g/mol. The van der Waals surface area contributed by atoms with Crippen LogP contribution in [0.2, 0.25) is 0 Å². The Morgan fingerprint density at radius 1 is 1.40 bits per heavy atom. The lowest BCUT2D eigenvalue weighted by atomic mass is 10.2. The fourth-order valence-corrected chi connectivity index (χ4v) is 2.27. The van der Waals surface area contributed by atoms with Crippen LogP contribution < -0.4 is 9.64 Å². The molecular weight excluding hydrogens is 256 g/mol. The predicted molar refractivity (Wildman–Crippen MR) is 78.3 cm³/mol. The first-order valence-electron chi connectivity index (χ1n) is 7.05. The van der Waals surface area contributed by atoms with Crippen LogP contribution in [0.15, 0.2) is 12.4 Å². The van der Waals surface area contributed by atoms with Gasteiger partial charge in [0, 0.05) is 32.0 Å². The van der Waals surface area contributed by atoms with Crippen molar-refractivity contribution in [3.05, 3.63) is 12.4 Å². The summed E-state index contributed by atoms with van der Waals surface area (Å²) >= 11 is 0. The highest BCUT2D eigenvalue weighted by atomic mass is 16.5. The topological polar surface area (TPSA) is 50.7 Å². The molecule has 6 nitrogen and oxygen atoms in total. The van der Waals surface area contributed by atoms with Gasteiger partial charge in [-0.25, -0.2) is 9.97 Å². The van der Waals surface area contributed by atoms with Crippen LogP contribution in [0.4, 0.5) is 5.82 Å². The van der Waals surface area contributed by atoms with E-state index < -0.39 is 0 Å². The maximum Gasteiger partial charge on any atom is 0.257 e. The Kier molecular flexibility index (Phi) is 5.14. The molecule has 1 unspecified atom stereocenters. The van der Waals surface area contributed by atoms with Crippen molar-refractivity contribution in [1.82, 2.24) is 14.9 Å². The molecule has 0 aromatic carbocycles. The van der Waals surface area contributed by atoms with E-state index in [0.717, 1.165) is 25.5 Å². The van der Waals surface area contributed by atoms with Gasteiger partial charge in [-0.3, -0.25) is 0 Å². The summed E-state index contributed by atoms with van der Waals surface area (Å²) in [6.07, 6.45) is 3.65. The number of hydrogen-bond donors (Lipinski definition) is 0. The molecule has 0 saturated carbocycles. The van der Waals surface area contributed by atoms with Crippen molar-refractivity contribution in [2.45, 2.75) is 26.1 Å². The van der Waals surface area contributed by atoms with Crippen LogP contribution in [0.1, 0.15) is 13.8 Å². The first kappa shape index (κ1) is 15.0. The Morgan fingerprint density at radius 2 is 2.15 bits per heavy atom. The normalized spacial score (nSPS) is 19.7. The van der Waals surface area contributed by atoms with Gasteiger partial charge in [0.05, 0.1) is 18.8 Å². The van der Waals surface area contributed by atoms with E-state index in [1.54, 1.807) is 12.4 Å². The van der Waals surface area contributed by atoms with Crippen molar-refractivity contribution < 1.29 is 9.47 Å². The highest BCUT2D eigenvalue weighted by Crippen LogP contribution is 2.25. The molecule has 6 heteroatoms. The number of ether oxygens (including phenoxy) is 2. The second-order valence-electron chi connectivity index (χ2n) is 5.55. The molecule has 1 aromatic heterocycles. The molecule has 2 rings (SSSR count). The van der Waals surface area contributed by atoms with Gasteiger partial charge in [0.25, 0.3) is 5.88 Å². The Hall–Kier alpha value is -1.40. The minimum absolute atomic E-state index is 0.0871. The number of likely N-dealkylation sites (N-methyl/N-ethyl adjacent to an activating group) is 1. The molecule has 1 saturated heterocycles. The zero-order valence-electron chi connectivity index (χ0n) is 12.7. The fourth-order valence-electron chi connectivity index (χ4n) is 2.27. The van der Waals surface area contributed by atoms with Crippen LogP contribution >= 0.6 is 0 Å². The van der Waals surface area contributed by atoms with Crippen molar-refractivity contribution in [2.75, 3.05) is 45.2 Å². The van der Waals surface area contributed by atoms with Crippen LogP contribution in [0.5, 0.6) is 5.88 Å². The molecule has 0 aliphatic carbocycles. The van der Waals surface area contributed by atoms with E-state index in [9.17, 15) is 0 Å². The highest BCUT2D eigenvalue weighted by Gasteiger charge is 2.25. The number of morpholine rings is 1. The summed E-state index contributed by atoms with van der Waals surface area (Å²) in [6.45, 7) is 7.22. The van der Waals surface area contributed by atoms with Gasteiger partial charge in [-0.05, 0) is 27.9 Å². The van der Waals surface area contributed by atoms with Gasteiger partial charge in [-0.1, -0.05) is 0 Å². The molecule has 1 aromatic rings. The van der Waals surface area contributed by atoms with Gasteiger partial charge in [0.1, 0.15) is 0 Å². The molecule has 0 N–H and O–H groups in total. The van der Waals surface area contributed by atoms with E-state index in [0.29, 0.717) is 12.5 Å². The fraction of sp³-hybridized carbons (Fsp3) is 0.714. The number of rotatable bonds is 5. The minimum Gasteiger partial charge on any atom is -0.472 e. The summed E-state index contributed by atoms with van der Waals surface area (Å²) in [5.41, 5.74) is 0. The largest absolute Gasteiger partial charge is 0.472 e. The third-order valence-corrected chi connectivity index (χ3v) is 3.00. The number of hydrogen-bond acceptors (Lipinski definition) is 6. The highest BCUT2D eigenvalue weighted by molar-refractivity contribution is 5.48. The van der Waals surface area contributed by atoms with Crippen molar-refractivity contribution in [2.24, 2.45) is 0 Å². The molecule has 1 atom stereocenters.